The fourth-order valence-corrected chi connectivity index (χ4v) is 3.35. The summed E-state index contributed by atoms with van der Waals surface area (Å²) >= 11 is 1.60. The van der Waals surface area contributed by atoms with E-state index in [1.54, 1.807) is 11.3 Å². The second-order valence-corrected chi connectivity index (χ2v) is 7.51. The molecule has 7 heteroatoms. The number of benzene rings is 2. The highest BCUT2D eigenvalue weighted by Gasteiger charge is 2.08. The van der Waals surface area contributed by atoms with Crippen molar-refractivity contribution in [1.29, 1.82) is 0 Å². The van der Waals surface area contributed by atoms with E-state index in [1.807, 2.05) is 61.7 Å². The zero-order chi connectivity index (χ0) is 20.1. The second-order valence-electron chi connectivity index (χ2n) is 6.45. The van der Waals surface area contributed by atoms with Crippen LogP contribution in [0.15, 0.2) is 47.8 Å². The number of nitrogens with one attached hydrogen (secondary N) is 3. The van der Waals surface area contributed by atoms with Gasteiger partial charge in [-0.05, 0) is 43.7 Å². The Kier molecular flexibility index (Phi) is 6.06. The van der Waals surface area contributed by atoms with Crippen molar-refractivity contribution in [3.63, 3.8) is 0 Å². The van der Waals surface area contributed by atoms with Gasteiger partial charge in [-0.2, -0.15) is 0 Å². The van der Waals surface area contributed by atoms with Crippen molar-refractivity contribution in [2.24, 2.45) is 0 Å². The first-order valence-electron chi connectivity index (χ1n) is 8.85. The number of aromatic nitrogens is 1. The average molecular weight is 395 g/mol. The van der Waals surface area contributed by atoms with Crippen molar-refractivity contribution in [3.8, 4) is 11.3 Å². The summed E-state index contributed by atoms with van der Waals surface area (Å²) in [5, 5.41) is 11.8. The van der Waals surface area contributed by atoms with Crippen LogP contribution in [0, 0.1) is 13.8 Å². The normalized spacial score (nSPS) is 10.4. The first-order valence-corrected chi connectivity index (χ1v) is 9.73. The molecule has 3 N–H and O–H groups in total. The highest BCUT2D eigenvalue weighted by Crippen LogP contribution is 2.24. The maximum Gasteiger partial charge on any atom is 0.243 e. The molecule has 3 aromatic rings. The highest BCUT2D eigenvalue weighted by molar-refractivity contribution is 7.09. The van der Waals surface area contributed by atoms with Crippen LogP contribution in [-0.2, 0) is 9.59 Å². The SMILES string of the molecule is CC(=O)Nc1ccc(C)c(NCC(=O)Nc2cccc(-c3csc(C)n3)c2)c1. The van der Waals surface area contributed by atoms with Crippen LogP contribution in [0.2, 0.25) is 0 Å². The van der Waals surface area contributed by atoms with Gasteiger partial charge in [-0.3, -0.25) is 9.59 Å². The minimum Gasteiger partial charge on any atom is -0.376 e. The van der Waals surface area contributed by atoms with Gasteiger partial charge in [-0.25, -0.2) is 4.98 Å². The minimum absolute atomic E-state index is 0.115. The number of hydrogen-bond acceptors (Lipinski definition) is 5. The molecule has 0 aliphatic rings. The van der Waals surface area contributed by atoms with Crippen LogP contribution in [0.25, 0.3) is 11.3 Å². The molecule has 144 valence electrons. The van der Waals surface area contributed by atoms with Crippen molar-refractivity contribution in [2.45, 2.75) is 20.8 Å². The number of thiazole rings is 1. The molecular weight excluding hydrogens is 372 g/mol. The molecular formula is C21H22N4O2S. The van der Waals surface area contributed by atoms with Gasteiger partial charge >= 0.3 is 0 Å². The van der Waals surface area contributed by atoms with E-state index in [1.165, 1.54) is 6.92 Å². The standard InChI is InChI=1S/C21H22N4O2S/c1-13-7-8-18(23-14(2)26)10-19(13)22-11-21(27)25-17-6-4-5-16(9-17)20-12-28-15(3)24-20/h4-10,12,22H,11H2,1-3H3,(H,23,26)(H,25,27). The maximum absolute atomic E-state index is 12.4. The largest absolute Gasteiger partial charge is 0.376 e. The molecule has 2 amide bonds. The molecule has 0 saturated carbocycles. The number of carbonyl (C=O) groups excluding carboxylic acids is 2. The molecule has 1 aromatic heterocycles. The Hall–Kier alpha value is -3.19. The van der Waals surface area contributed by atoms with Crippen LogP contribution in [0.4, 0.5) is 17.1 Å². The Balaban J connectivity index is 1.63. The summed E-state index contributed by atoms with van der Waals surface area (Å²) in [5.41, 5.74) is 5.07. The third kappa shape index (κ3) is 5.17. The molecule has 0 radical (unpaired) electrons. The van der Waals surface area contributed by atoms with Crippen molar-refractivity contribution in [2.75, 3.05) is 22.5 Å². The van der Waals surface area contributed by atoms with Crippen LogP contribution in [0.1, 0.15) is 17.5 Å². The predicted molar refractivity (Wildman–Crippen MR) is 115 cm³/mol. The smallest absolute Gasteiger partial charge is 0.243 e. The summed E-state index contributed by atoms with van der Waals surface area (Å²) in [4.78, 5) is 28.0. The third-order valence-corrected chi connectivity index (χ3v) is 4.83. The van der Waals surface area contributed by atoms with Crippen LogP contribution < -0.4 is 16.0 Å². The highest BCUT2D eigenvalue weighted by atomic mass is 32.1. The lowest BCUT2D eigenvalue weighted by atomic mass is 10.1. The van der Waals surface area contributed by atoms with E-state index in [2.05, 4.69) is 20.9 Å². The lowest BCUT2D eigenvalue weighted by molar-refractivity contribution is -0.115. The maximum atomic E-state index is 12.4. The minimum atomic E-state index is -0.157. The number of carbonyl (C=O) groups is 2. The van der Waals surface area contributed by atoms with Crippen molar-refractivity contribution in [3.05, 3.63) is 58.4 Å². The summed E-state index contributed by atoms with van der Waals surface area (Å²) in [6.07, 6.45) is 0. The Labute approximate surface area is 168 Å². The molecule has 0 atom stereocenters. The van der Waals surface area contributed by atoms with Gasteiger partial charge in [0, 0.05) is 34.9 Å². The van der Waals surface area contributed by atoms with Gasteiger partial charge in [-0.1, -0.05) is 18.2 Å². The van der Waals surface area contributed by atoms with Gasteiger partial charge in [0.1, 0.15) is 0 Å². The lowest BCUT2D eigenvalue weighted by Gasteiger charge is -2.12. The summed E-state index contributed by atoms with van der Waals surface area (Å²) in [7, 11) is 0. The van der Waals surface area contributed by atoms with Gasteiger partial charge < -0.3 is 16.0 Å². The second kappa shape index (κ2) is 8.67. The first-order chi connectivity index (χ1) is 13.4. The fraction of sp³-hybridized carbons (Fsp3) is 0.190. The fourth-order valence-electron chi connectivity index (χ4n) is 2.73. The van der Waals surface area contributed by atoms with Gasteiger partial charge in [0.25, 0.3) is 0 Å². The zero-order valence-corrected chi connectivity index (χ0v) is 16.8. The van der Waals surface area contributed by atoms with E-state index in [4.69, 9.17) is 0 Å². The van der Waals surface area contributed by atoms with Gasteiger partial charge in [0.2, 0.25) is 11.8 Å². The van der Waals surface area contributed by atoms with E-state index in [0.717, 1.165) is 33.2 Å². The molecule has 0 spiro atoms. The quantitative estimate of drug-likeness (QED) is 0.577. The summed E-state index contributed by atoms with van der Waals surface area (Å²) in [5.74, 6) is -0.293. The van der Waals surface area contributed by atoms with Gasteiger partial charge in [0.05, 0.1) is 17.2 Å². The van der Waals surface area contributed by atoms with Crippen LogP contribution in [0.5, 0.6) is 0 Å². The molecule has 0 aliphatic carbocycles. The van der Waals surface area contributed by atoms with Crippen LogP contribution in [0.3, 0.4) is 0 Å². The van der Waals surface area contributed by atoms with Crippen molar-refractivity contribution >= 4 is 40.2 Å². The molecule has 0 saturated heterocycles. The number of anilines is 3. The summed E-state index contributed by atoms with van der Waals surface area (Å²) in [6, 6.07) is 13.2. The van der Waals surface area contributed by atoms with Gasteiger partial charge in [0.15, 0.2) is 0 Å². The molecule has 0 unspecified atom stereocenters. The van der Waals surface area contributed by atoms with Crippen LogP contribution >= 0.6 is 11.3 Å². The van der Waals surface area contributed by atoms with Crippen molar-refractivity contribution in [1.82, 2.24) is 4.98 Å². The number of rotatable bonds is 6. The lowest BCUT2D eigenvalue weighted by Crippen LogP contribution is -2.22. The molecule has 0 aliphatic heterocycles. The Morgan fingerprint density at radius 2 is 1.82 bits per heavy atom. The average Bonchev–Trinajstić information content (AvgIpc) is 3.08. The molecule has 28 heavy (non-hydrogen) atoms. The molecule has 0 fully saturated rings. The van der Waals surface area contributed by atoms with E-state index >= 15 is 0 Å². The monoisotopic (exact) mass is 394 g/mol. The van der Waals surface area contributed by atoms with Gasteiger partial charge in [-0.15, -0.1) is 11.3 Å². The number of nitrogens with zero attached hydrogens (tertiary/aromatic N) is 1. The summed E-state index contributed by atoms with van der Waals surface area (Å²) < 4.78 is 0. The Morgan fingerprint density at radius 3 is 2.54 bits per heavy atom. The number of aryl methyl sites for hydroxylation is 2. The Morgan fingerprint density at radius 1 is 1.04 bits per heavy atom. The molecule has 6 nitrogen and oxygen atoms in total. The van der Waals surface area contributed by atoms with E-state index < -0.39 is 0 Å². The van der Waals surface area contributed by atoms with E-state index in [-0.39, 0.29) is 18.4 Å². The topological polar surface area (TPSA) is 83.1 Å². The van der Waals surface area contributed by atoms with Crippen molar-refractivity contribution < 1.29 is 9.59 Å². The number of hydrogen-bond donors (Lipinski definition) is 3. The molecule has 2 aromatic carbocycles. The summed E-state index contributed by atoms with van der Waals surface area (Å²) in [6.45, 7) is 5.48. The Bertz CT molecular complexity index is 1010. The van der Waals surface area contributed by atoms with E-state index in [0.29, 0.717) is 5.69 Å². The predicted octanol–water partition coefficient (Wildman–Crippen LogP) is 4.44. The number of amides is 2. The third-order valence-electron chi connectivity index (χ3n) is 4.06. The molecule has 1 heterocycles. The molecule has 3 rings (SSSR count). The zero-order valence-electron chi connectivity index (χ0n) is 16.0. The van der Waals surface area contributed by atoms with Crippen LogP contribution in [-0.4, -0.2) is 23.3 Å². The van der Waals surface area contributed by atoms with E-state index in [9.17, 15) is 9.59 Å². The first kappa shape index (κ1) is 19.6. The molecule has 0 bridgehead atoms.